The van der Waals surface area contributed by atoms with Gasteiger partial charge >= 0.3 is 0 Å². The molecule has 0 aromatic heterocycles. The zero-order chi connectivity index (χ0) is 16.9. The molecule has 0 heterocycles. The predicted octanol–water partition coefficient (Wildman–Crippen LogP) is -0.0482. The van der Waals surface area contributed by atoms with Gasteiger partial charge in [0.25, 0.3) is 5.91 Å². The summed E-state index contributed by atoms with van der Waals surface area (Å²) in [6, 6.07) is 3.08. The van der Waals surface area contributed by atoms with Gasteiger partial charge in [-0.3, -0.25) is 4.79 Å². The Labute approximate surface area is 128 Å². The van der Waals surface area contributed by atoms with Gasteiger partial charge in [0.1, 0.15) is 0 Å². The lowest BCUT2D eigenvalue weighted by Crippen LogP contribution is -2.30. The van der Waals surface area contributed by atoms with Crippen LogP contribution < -0.4 is 9.46 Å². The van der Waals surface area contributed by atoms with Gasteiger partial charge in [0, 0.05) is 20.6 Å². The minimum atomic E-state index is -3.92. The van der Waals surface area contributed by atoms with Crippen LogP contribution in [0.5, 0.6) is 5.75 Å². The maximum atomic E-state index is 13.8. The van der Waals surface area contributed by atoms with Crippen molar-refractivity contribution >= 4 is 15.9 Å². The molecule has 0 saturated carbocycles. The van der Waals surface area contributed by atoms with Crippen molar-refractivity contribution in [1.29, 1.82) is 0 Å². The van der Waals surface area contributed by atoms with Gasteiger partial charge in [-0.2, -0.15) is 0 Å². The van der Waals surface area contributed by atoms with Gasteiger partial charge in [-0.05, 0) is 25.1 Å². The van der Waals surface area contributed by atoms with E-state index in [4.69, 9.17) is 9.84 Å². The molecule has 0 fully saturated rings. The van der Waals surface area contributed by atoms with Crippen molar-refractivity contribution in [2.75, 3.05) is 27.2 Å². The Morgan fingerprint density at radius 2 is 2.09 bits per heavy atom. The fourth-order valence-electron chi connectivity index (χ4n) is 1.35. The second kappa shape index (κ2) is 7.52. The standard InChI is InChI=1S/C13H19FN2O5S/c1-9(17)7-15-22(19,20)10-4-5-12(11(14)6-10)21-8-13(18)16(2)3/h4-6,9,15,17H,7-8H2,1-3H3. The second-order valence-corrected chi connectivity index (χ2v) is 6.64. The number of carbonyl (C=O) groups excluding carboxylic acids is 1. The number of aliphatic hydroxyl groups is 1. The number of aliphatic hydroxyl groups excluding tert-OH is 1. The fraction of sp³-hybridized carbons (Fsp3) is 0.462. The third-order valence-corrected chi connectivity index (χ3v) is 4.05. The highest BCUT2D eigenvalue weighted by atomic mass is 32.2. The molecule has 1 amide bonds. The number of ether oxygens (including phenoxy) is 1. The van der Waals surface area contributed by atoms with Crippen molar-refractivity contribution in [3.8, 4) is 5.75 Å². The van der Waals surface area contributed by atoms with E-state index in [0.29, 0.717) is 0 Å². The van der Waals surface area contributed by atoms with Gasteiger partial charge in [0.15, 0.2) is 18.2 Å². The number of nitrogens with zero attached hydrogens (tertiary/aromatic N) is 1. The van der Waals surface area contributed by atoms with E-state index in [9.17, 15) is 17.6 Å². The third-order valence-electron chi connectivity index (χ3n) is 2.63. The van der Waals surface area contributed by atoms with Crippen LogP contribution in [0.1, 0.15) is 6.92 Å². The number of hydrogen-bond donors (Lipinski definition) is 2. The Morgan fingerprint density at radius 3 is 2.59 bits per heavy atom. The Kier molecular flexibility index (Phi) is 6.27. The smallest absolute Gasteiger partial charge is 0.259 e. The monoisotopic (exact) mass is 334 g/mol. The first-order valence-electron chi connectivity index (χ1n) is 6.43. The molecule has 0 aliphatic rings. The van der Waals surface area contributed by atoms with Gasteiger partial charge in [-0.25, -0.2) is 17.5 Å². The van der Waals surface area contributed by atoms with Crippen molar-refractivity contribution in [2.45, 2.75) is 17.9 Å². The molecule has 7 nitrogen and oxygen atoms in total. The first-order valence-corrected chi connectivity index (χ1v) is 7.92. The first kappa shape index (κ1) is 18.3. The molecule has 2 N–H and O–H groups in total. The Morgan fingerprint density at radius 1 is 1.45 bits per heavy atom. The summed E-state index contributed by atoms with van der Waals surface area (Å²) >= 11 is 0. The molecule has 0 radical (unpaired) electrons. The van der Waals surface area contributed by atoms with Crippen LogP contribution in [0.15, 0.2) is 23.1 Å². The number of hydrogen-bond acceptors (Lipinski definition) is 5. The highest BCUT2D eigenvalue weighted by molar-refractivity contribution is 7.89. The molecule has 0 spiro atoms. The lowest BCUT2D eigenvalue weighted by molar-refractivity contribution is -0.130. The molecular weight excluding hydrogens is 315 g/mol. The quantitative estimate of drug-likeness (QED) is 0.729. The largest absolute Gasteiger partial charge is 0.481 e. The molecule has 1 aromatic carbocycles. The van der Waals surface area contributed by atoms with Crippen LogP contribution >= 0.6 is 0 Å². The average molecular weight is 334 g/mol. The minimum absolute atomic E-state index is 0.181. The zero-order valence-electron chi connectivity index (χ0n) is 12.5. The van der Waals surface area contributed by atoms with E-state index in [2.05, 4.69) is 4.72 Å². The maximum Gasteiger partial charge on any atom is 0.259 e. The summed E-state index contributed by atoms with van der Waals surface area (Å²) in [5.41, 5.74) is 0. The SMILES string of the molecule is CC(O)CNS(=O)(=O)c1ccc(OCC(=O)N(C)C)c(F)c1. The molecule has 124 valence electrons. The summed E-state index contributed by atoms with van der Waals surface area (Å²) in [7, 11) is -0.853. The molecule has 0 aliphatic carbocycles. The summed E-state index contributed by atoms with van der Waals surface area (Å²) in [6.45, 7) is 0.887. The molecule has 22 heavy (non-hydrogen) atoms. The summed E-state index contributed by atoms with van der Waals surface area (Å²) in [5.74, 6) is -1.47. The molecule has 1 aromatic rings. The normalized spacial score (nSPS) is 12.8. The summed E-state index contributed by atoms with van der Waals surface area (Å²) in [4.78, 5) is 12.3. The number of benzene rings is 1. The lowest BCUT2D eigenvalue weighted by Gasteiger charge is -2.13. The molecule has 0 aliphatic heterocycles. The van der Waals surface area contributed by atoms with E-state index in [0.717, 1.165) is 18.2 Å². The van der Waals surface area contributed by atoms with Gasteiger partial charge < -0.3 is 14.7 Å². The number of rotatable bonds is 7. The topological polar surface area (TPSA) is 95.9 Å². The third kappa shape index (κ3) is 5.24. The van der Waals surface area contributed by atoms with Crippen molar-refractivity contribution < 1.29 is 27.4 Å². The van der Waals surface area contributed by atoms with Crippen LogP contribution in [-0.2, 0) is 14.8 Å². The van der Waals surface area contributed by atoms with Crippen molar-refractivity contribution in [2.24, 2.45) is 0 Å². The minimum Gasteiger partial charge on any atom is -0.481 e. The predicted molar refractivity (Wildman–Crippen MR) is 77.5 cm³/mol. The first-order chi connectivity index (χ1) is 10.1. The summed E-state index contributed by atoms with van der Waals surface area (Å²) in [6.07, 6.45) is -0.862. The Bertz CT molecular complexity index is 631. The van der Waals surface area contributed by atoms with E-state index < -0.39 is 21.9 Å². The zero-order valence-corrected chi connectivity index (χ0v) is 13.4. The summed E-state index contributed by atoms with van der Waals surface area (Å²) < 4.78 is 44.7. The number of nitrogens with one attached hydrogen (secondary N) is 1. The van der Waals surface area contributed by atoms with Gasteiger partial charge in [0.05, 0.1) is 11.0 Å². The number of sulfonamides is 1. The van der Waals surface area contributed by atoms with Gasteiger partial charge in [-0.15, -0.1) is 0 Å². The van der Waals surface area contributed by atoms with E-state index in [-0.39, 0.29) is 29.7 Å². The van der Waals surface area contributed by atoms with Crippen LogP contribution in [0.2, 0.25) is 0 Å². The lowest BCUT2D eigenvalue weighted by atomic mass is 10.3. The van der Waals surface area contributed by atoms with Crippen LogP contribution in [-0.4, -0.2) is 57.7 Å². The van der Waals surface area contributed by atoms with Crippen LogP contribution in [0.3, 0.4) is 0 Å². The molecule has 1 unspecified atom stereocenters. The molecule has 0 saturated heterocycles. The highest BCUT2D eigenvalue weighted by Gasteiger charge is 2.17. The molecule has 0 bridgehead atoms. The highest BCUT2D eigenvalue weighted by Crippen LogP contribution is 2.21. The van der Waals surface area contributed by atoms with E-state index in [1.54, 1.807) is 0 Å². The average Bonchev–Trinajstić information content (AvgIpc) is 2.43. The van der Waals surface area contributed by atoms with Gasteiger partial charge in [-0.1, -0.05) is 0 Å². The number of carbonyl (C=O) groups is 1. The van der Waals surface area contributed by atoms with Crippen molar-refractivity contribution in [3.63, 3.8) is 0 Å². The number of likely N-dealkylation sites (N-methyl/N-ethyl adjacent to an activating group) is 1. The summed E-state index contributed by atoms with van der Waals surface area (Å²) in [5, 5.41) is 9.07. The van der Waals surface area contributed by atoms with E-state index in [1.165, 1.54) is 25.9 Å². The van der Waals surface area contributed by atoms with E-state index >= 15 is 0 Å². The molecule has 9 heteroatoms. The van der Waals surface area contributed by atoms with Crippen molar-refractivity contribution in [3.05, 3.63) is 24.0 Å². The fourth-order valence-corrected chi connectivity index (χ4v) is 2.48. The maximum absolute atomic E-state index is 13.8. The molecule has 1 rings (SSSR count). The Hall–Kier alpha value is -1.71. The van der Waals surface area contributed by atoms with Gasteiger partial charge in [0.2, 0.25) is 10.0 Å². The van der Waals surface area contributed by atoms with Crippen LogP contribution in [0.4, 0.5) is 4.39 Å². The number of halogens is 1. The second-order valence-electron chi connectivity index (χ2n) is 4.87. The van der Waals surface area contributed by atoms with Crippen LogP contribution in [0.25, 0.3) is 0 Å². The van der Waals surface area contributed by atoms with Crippen molar-refractivity contribution in [1.82, 2.24) is 9.62 Å². The number of amides is 1. The molecule has 1 atom stereocenters. The van der Waals surface area contributed by atoms with E-state index in [1.807, 2.05) is 0 Å². The van der Waals surface area contributed by atoms with Crippen LogP contribution in [0, 0.1) is 5.82 Å². The molecular formula is C13H19FN2O5S. The Balaban J connectivity index is 2.83.